The van der Waals surface area contributed by atoms with Crippen molar-refractivity contribution in [1.82, 2.24) is 25.5 Å². The highest BCUT2D eigenvalue weighted by Crippen LogP contribution is 2.26. The topological polar surface area (TPSA) is 81.9 Å². The molecule has 8 heteroatoms. The van der Waals surface area contributed by atoms with E-state index in [9.17, 15) is 4.79 Å². The van der Waals surface area contributed by atoms with Crippen molar-refractivity contribution in [2.24, 2.45) is 0 Å². The van der Waals surface area contributed by atoms with E-state index in [4.69, 9.17) is 4.74 Å². The first-order valence-electron chi connectivity index (χ1n) is 9.20. The number of aromatic nitrogens is 4. The molecule has 0 radical (unpaired) electrons. The third-order valence-electron chi connectivity index (χ3n) is 4.36. The van der Waals surface area contributed by atoms with Crippen LogP contribution in [0.3, 0.4) is 0 Å². The number of para-hydroxylation sites is 2. The van der Waals surface area contributed by atoms with Crippen LogP contribution in [0.2, 0.25) is 0 Å². The van der Waals surface area contributed by atoms with Gasteiger partial charge in [0.15, 0.2) is 0 Å². The van der Waals surface area contributed by atoms with Gasteiger partial charge in [0.25, 0.3) is 0 Å². The van der Waals surface area contributed by atoms with E-state index in [1.807, 2.05) is 31.2 Å². The predicted octanol–water partition coefficient (Wildman–Crippen LogP) is 2.99. The molecular weight excluding hydrogens is 350 g/mol. The lowest BCUT2D eigenvalue weighted by Gasteiger charge is -2.22. The molecule has 1 fully saturated rings. The summed E-state index contributed by atoms with van der Waals surface area (Å²) in [7, 11) is 0. The minimum Gasteiger partial charge on any atom is -0.492 e. The van der Waals surface area contributed by atoms with Gasteiger partial charge in [-0.2, -0.15) is 4.68 Å². The maximum Gasteiger partial charge on any atom is 0.221 e. The number of thioether (sulfide) groups is 1. The lowest BCUT2D eigenvalue weighted by atomic mass is 9.95. The molecule has 1 aliphatic rings. The molecule has 1 aliphatic carbocycles. The minimum atomic E-state index is 0.109. The Balaban J connectivity index is 1.55. The largest absolute Gasteiger partial charge is 0.492 e. The van der Waals surface area contributed by atoms with Crippen molar-refractivity contribution in [2.75, 3.05) is 12.4 Å². The number of amides is 1. The highest BCUT2D eigenvalue weighted by Gasteiger charge is 2.17. The maximum absolute atomic E-state index is 12.1. The van der Waals surface area contributed by atoms with Gasteiger partial charge >= 0.3 is 0 Å². The van der Waals surface area contributed by atoms with Gasteiger partial charge in [0.2, 0.25) is 11.1 Å². The molecule has 7 nitrogen and oxygen atoms in total. The van der Waals surface area contributed by atoms with Crippen LogP contribution in [0.1, 0.15) is 45.4 Å². The van der Waals surface area contributed by atoms with E-state index >= 15 is 0 Å². The molecule has 1 N–H and O–H groups in total. The van der Waals surface area contributed by atoms with E-state index in [2.05, 4.69) is 20.8 Å². The fourth-order valence-electron chi connectivity index (χ4n) is 3.11. The molecule has 0 atom stereocenters. The Morgan fingerprint density at radius 2 is 2.12 bits per heavy atom. The summed E-state index contributed by atoms with van der Waals surface area (Å²) in [5.74, 6) is 1.48. The summed E-state index contributed by atoms with van der Waals surface area (Å²) in [6.07, 6.45) is 6.38. The second kappa shape index (κ2) is 9.56. The average Bonchev–Trinajstić information content (AvgIpc) is 3.11. The zero-order valence-electron chi connectivity index (χ0n) is 15.1. The molecule has 1 saturated carbocycles. The van der Waals surface area contributed by atoms with Gasteiger partial charge in [0.05, 0.1) is 6.61 Å². The van der Waals surface area contributed by atoms with Gasteiger partial charge in [-0.1, -0.05) is 43.2 Å². The first-order chi connectivity index (χ1) is 12.8. The predicted molar refractivity (Wildman–Crippen MR) is 101 cm³/mol. The van der Waals surface area contributed by atoms with Crippen LogP contribution in [0, 0.1) is 0 Å². The smallest absolute Gasteiger partial charge is 0.221 e. The molecule has 0 unspecified atom stereocenters. The van der Waals surface area contributed by atoms with Crippen LogP contribution < -0.4 is 10.1 Å². The van der Waals surface area contributed by atoms with Crippen LogP contribution in [0.15, 0.2) is 29.4 Å². The number of ether oxygens (including phenoxy) is 1. The average molecular weight is 375 g/mol. The molecule has 0 aliphatic heterocycles. The molecule has 0 bridgehead atoms. The number of hydrogen-bond donors (Lipinski definition) is 1. The number of nitrogens with one attached hydrogen (secondary N) is 1. The van der Waals surface area contributed by atoms with Crippen LogP contribution in [-0.4, -0.2) is 44.5 Å². The van der Waals surface area contributed by atoms with Crippen molar-refractivity contribution in [3.8, 4) is 11.4 Å². The number of carbonyl (C=O) groups is 1. The van der Waals surface area contributed by atoms with Gasteiger partial charge in [-0.05, 0) is 42.3 Å². The molecule has 1 heterocycles. The molecule has 3 rings (SSSR count). The second-order valence-corrected chi connectivity index (χ2v) is 7.34. The Bertz CT molecular complexity index is 715. The Morgan fingerprint density at radius 1 is 1.31 bits per heavy atom. The third kappa shape index (κ3) is 4.97. The summed E-state index contributed by atoms with van der Waals surface area (Å²) >= 11 is 1.48. The van der Waals surface area contributed by atoms with Crippen molar-refractivity contribution in [3.63, 3.8) is 0 Å². The quantitative estimate of drug-likeness (QED) is 0.714. The van der Waals surface area contributed by atoms with Gasteiger partial charge in [0, 0.05) is 18.2 Å². The number of benzene rings is 1. The fraction of sp³-hybridized carbons (Fsp3) is 0.556. The van der Waals surface area contributed by atoms with E-state index in [1.165, 1.54) is 31.0 Å². The summed E-state index contributed by atoms with van der Waals surface area (Å²) in [5.41, 5.74) is 0.800. The number of tetrazole rings is 1. The summed E-state index contributed by atoms with van der Waals surface area (Å²) < 4.78 is 7.31. The second-order valence-electron chi connectivity index (χ2n) is 6.27. The van der Waals surface area contributed by atoms with Crippen LogP contribution in [0.4, 0.5) is 0 Å². The molecule has 1 aromatic carbocycles. The van der Waals surface area contributed by atoms with E-state index in [0.717, 1.165) is 24.3 Å². The lowest BCUT2D eigenvalue weighted by molar-refractivity contribution is -0.121. The van der Waals surface area contributed by atoms with Crippen molar-refractivity contribution in [3.05, 3.63) is 24.3 Å². The van der Waals surface area contributed by atoms with Crippen molar-refractivity contribution in [1.29, 1.82) is 0 Å². The molecule has 0 saturated heterocycles. The molecule has 26 heavy (non-hydrogen) atoms. The SMILES string of the molecule is CCOc1ccccc1-n1nnnc1SCCC(=O)NC1CCCCC1. The standard InChI is InChI=1S/C18H25N5O2S/c1-2-25-16-11-7-6-10-15(16)23-18(20-21-22-23)26-13-12-17(24)19-14-8-4-3-5-9-14/h6-7,10-11,14H,2-5,8-9,12-13H2,1H3,(H,19,24). The summed E-state index contributed by atoms with van der Waals surface area (Å²) in [6.45, 7) is 2.51. The van der Waals surface area contributed by atoms with Crippen LogP contribution in [-0.2, 0) is 4.79 Å². The van der Waals surface area contributed by atoms with Crippen LogP contribution >= 0.6 is 11.8 Å². The van der Waals surface area contributed by atoms with Crippen molar-refractivity contribution < 1.29 is 9.53 Å². The monoisotopic (exact) mass is 375 g/mol. The van der Waals surface area contributed by atoms with Crippen LogP contribution in [0.5, 0.6) is 5.75 Å². The van der Waals surface area contributed by atoms with Gasteiger partial charge in [-0.3, -0.25) is 4.79 Å². The Morgan fingerprint density at radius 3 is 2.92 bits per heavy atom. The zero-order chi connectivity index (χ0) is 18.2. The third-order valence-corrected chi connectivity index (χ3v) is 5.29. The molecule has 1 amide bonds. The number of hydrogen-bond acceptors (Lipinski definition) is 6. The van der Waals surface area contributed by atoms with Gasteiger partial charge in [-0.15, -0.1) is 5.10 Å². The first-order valence-corrected chi connectivity index (χ1v) is 10.2. The molecular formula is C18H25N5O2S. The Hall–Kier alpha value is -2.09. The highest BCUT2D eigenvalue weighted by molar-refractivity contribution is 7.99. The van der Waals surface area contributed by atoms with Gasteiger partial charge < -0.3 is 10.1 Å². The molecule has 140 valence electrons. The van der Waals surface area contributed by atoms with E-state index in [1.54, 1.807) is 4.68 Å². The van der Waals surface area contributed by atoms with Gasteiger partial charge in [0.1, 0.15) is 11.4 Å². The first kappa shape index (κ1) is 18.7. The Kier molecular flexibility index (Phi) is 6.88. The fourth-order valence-corrected chi connectivity index (χ4v) is 3.93. The Labute approximate surface area is 157 Å². The minimum absolute atomic E-state index is 0.109. The number of nitrogens with zero attached hydrogens (tertiary/aromatic N) is 4. The summed E-state index contributed by atoms with van der Waals surface area (Å²) in [5, 5.41) is 15.7. The van der Waals surface area contributed by atoms with E-state index in [0.29, 0.717) is 30.0 Å². The molecule has 0 spiro atoms. The zero-order valence-corrected chi connectivity index (χ0v) is 15.9. The molecule has 2 aromatic rings. The van der Waals surface area contributed by atoms with E-state index in [-0.39, 0.29) is 5.91 Å². The van der Waals surface area contributed by atoms with Crippen molar-refractivity contribution >= 4 is 17.7 Å². The highest BCUT2D eigenvalue weighted by atomic mass is 32.2. The number of rotatable bonds is 8. The lowest BCUT2D eigenvalue weighted by Crippen LogP contribution is -2.36. The summed E-state index contributed by atoms with van der Waals surface area (Å²) in [6, 6.07) is 8.00. The summed E-state index contributed by atoms with van der Waals surface area (Å²) in [4.78, 5) is 12.1. The maximum atomic E-state index is 12.1. The number of carbonyl (C=O) groups excluding carboxylic acids is 1. The normalized spacial score (nSPS) is 15.0. The van der Waals surface area contributed by atoms with Gasteiger partial charge in [-0.25, -0.2) is 0 Å². The van der Waals surface area contributed by atoms with Crippen LogP contribution in [0.25, 0.3) is 5.69 Å². The van der Waals surface area contributed by atoms with Crippen molar-refractivity contribution in [2.45, 2.75) is 56.6 Å². The van der Waals surface area contributed by atoms with E-state index < -0.39 is 0 Å². The molecule has 1 aromatic heterocycles.